The van der Waals surface area contributed by atoms with Crippen molar-refractivity contribution in [3.8, 4) is 0 Å². The Morgan fingerprint density at radius 2 is 1.86 bits per heavy atom. The average Bonchev–Trinajstić information content (AvgIpc) is 2.62. The molecule has 0 saturated heterocycles. The molecule has 0 spiro atoms. The molecule has 0 radical (unpaired) electrons. The number of nitrogens with two attached hydrogens (primary N) is 2. The molecule has 1 aliphatic carbocycles. The summed E-state index contributed by atoms with van der Waals surface area (Å²) in [4.78, 5) is 27.4. The molecule has 0 aromatic rings. The molecule has 3 unspecified atom stereocenters. The molecular formula is C21H40N4O4. The van der Waals surface area contributed by atoms with E-state index in [4.69, 9.17) is 16.6 Å². The van der Waals surface area contributed by atoms with Crippen molar-refractivity contribution in [2.75, 3.05) is 0 Å². The molecule has 0 aliphatic heterocycles. The fourth-order valence-corrected chi connectivity index (χ4v) is 5.02. The van der Waals surface area contributed by atoms with E-state index >= 15 is 0 Å². The van der Waals surface area contributed by atoms with Crippen LogP contribution in [0.5, 0.6) is 0 Å². The zero-order valence-electron chi connectivity index (χ0n) is 18.2. The largest absolute Gasteiger partial charge is 0.481 e. The van der Waals surface area contributed by atoms with Crippen LogP contribution in [-0.2, 0) is 9.59 Å². The maximum atomic E-state index is 12.2. The van der Waals surface area contributed by atoms with Gasteiger partial charge >= 0.3 is 5.97 Å². The van der Waals surface area contributed by atoms with Gasteiger partial charge in [0.05, 0.1) is 17.2 Å². The second-order valence-corrected chi connectivity index (χ2v) is 8.47. The summed E-state index contributed by atoms with van der Waals surface area (Å²) in [5.74, 6) is -0.888. The van der Waals surface area contributed by atoms with Crippen molar-refractivity contribution in [1.82, 2.24) is 5.32 Å². The SMILES string of the molecule is CCCCC(CCCCC(=O)O)[C@@]1(NC(C)=O)CCC(N=C(N)N)CC1(O)CC. The molecule has 8 nitrogen and oxygen atoms in total. The van der Waals surface area contributed by atoms with Crippen LogP contribution in [0.25, 0.3) is 0 Å². The van der Waals surface area contributed by atoms with Crippen LogP contribution >= 0.6 is 0 Å². The van der Waals surface area contributed by atoms with Crippen LogP contribution in [0.1, 0.15) is 91.4 Å². The topological polar surface area (TPSA) is 151 Å². The minimum atomic E-state index is -1.13. The average molecular weight is 413 g/mol. The predicted octanol–water partition coefficient (Wildman–Crippen LogP) is 2.28. The molecule has 1 saturated carbocycles. The number of guanidine groups is 1. The third-order valence-electron chi connectivity index (χ3n) is 6.39. The number of aliphatic carboxylic acids is 1. The number of nitrogens with zero attached hydrogens (tertiary/aromatic N) is 1. The van der Waals surface area contributed by atoms with Gasteiger partial charge in [0, 0.05) is 19.8 Å². The van der Waals surface area contributed by atoms with Gasteiger partial charge in [0.2, 0.25) is 5.91 Å². The van der Waals surface area contributed by atoms with Crippen LogP contribution in [0.15, 0.2) is 4.99 Å². The number of carbonyl (C=O) groups excluding carboxylic acids is 1. The fourth-order valence-electron chi connectivity index (χ4n) is 5.02. The van der Waals surface area contributed by atoms with Gasteiger partial charge in [-0.05, 0) is 44.4 Å². The van der Waals surface area contributed by atoms with E-state index in [1.165, 1.54) is 6.92 Å². The molecule has 0 bridgehead atoms. The number of carbonyl (C=O) groups is 2. The number of hydrogen-bond acceptors (Lipinski definition) is 4. The zero-order valence-corrected chi connectivity index (χ0v) is 18.2. The van der Waals surface area contributed by atoms with E-state index in [0.717, 1.165) is 32.1 Å². The van der Waals surface area contributed by atoms with E-state index in [2.05, 4.69) is 17.2 Å². The quantitative estimate of drug-likeness (QED) is 0.188. The number of amides is 1. The van der Waals surface area contributed by atoms with Crippen molar-refractivity contribution in [2.24, 2.45) is 22.4 Å². The van der Waals surface area contributed by atoms with Gasteiger partial charge in [0.25, 0.3) is 0 Å². The lowest BCUT2D eigenvalue weighted by molar-refractivity contribution is -0.142. The summed E-state index contributed by atoms with van der Waals surface area (Å²) in [6, 6.07) is -0.175. The Kier molecular flexibility index (Phi) is 9.89. The summed E-state index contributed by atoms with van der Waals surface area (Å²) < 4.78 is 0. The highest BCUT2D eigenvalue weighted by atomic mass is 16.4. The first kappa shape index (κ1) is 25.2. The molecule has 1 fully saturated rings. The number of aliphatic imine (C=N–C) groups is 1. The molecule has 8 heteroatoms. The zero-order chi connectivity index (χ0) is 22.1. The van der Waals surface area contributed by atoms with Crippen LogP contribution in [-0.4, -0.2) is 45.2 Å². The predicted molar refractivity (Wildman–Crippen MR) is 114 cm³/mol. The van der Waals surface area contributed by atoms with Crippen molar-refractivity contribution in [2.45, 2.75) is 109 Å². The number of carboxylic acid groups (broad SMARTS) is 1. The van der Waals surface area contributed by atoms with Gasteiger partial charge in [-0.3, -0.25) is 14.6 Å². The monoisotopic (exact) mass is 412 g/mol. The summed E-state index contributed by atoms with van der Waals surface area (Å²) >= 11 is 0. The second kappa shape index (κ2) is 11.4. The minimum absolute atomic E-state index is 0.0108. The first-order chi connectivity index (χ1) is 13.6. The molecule has 4 atom stereocenters. The van der Waals surface area contributed by atoms with Crippen molar-refractivity contribution in [3.63, 3.8) is 0 Å². The lowest BCUT2D eigenvalue weighted by Gasteiger charge is -2.56. The van der Waals surface area contributed by atoms with E-state index in [-0.39, 0.29) is 30.2 Å². The van der Waals surface area contributed by atoms with Gasteiger partial charge < -0.3 is 27.0 Å². The van der Waals surface area contributed by atoms with Gasteiger partial charge in [-0.2, -0.15) is 0 Å². The summed E-state index contributed by atoms with van der Waals surface area (Å²) in [5.41, 5.74) is 9.23. The third kappa shape index (κ3) is 6.87. The Balaban J connectivity index is 3.21. The van der Waals surface area contributed by atoms with Gasteiger partial charge in [-0.1, -0.05) is 33.1 Å². The molecule has 1 aliphatic rings. The van der Waals surface area contributed by atoms with Crippen molar-refractivity contribution in [1.29, 1.82) is 0 Å². The molecular weight excluding hydrogens is 372 g/mol. The Labute approximate surface area is 174 Å². The molecule has 29 heavy (non-hydrogen) atoms. The Hall–Kier alpha value is -1.83. The summed E-state index contributed by atoms with van der Waals surface area (Å²) in [5, 5.41) is 23.9. The van der Waals surface area contributed by atoms with Crippen molar-refractivity contribution >= 4 is 17.8 Å². The molecule has 1 amide bonds. The van der Waals surface area contributed by atoms with E-state index in [0.29, 0.717) is 32.1 Å². The van der Waals surface area contributed by atoms with E-state index in [1.54, 1.807) is 0 Å². The van der Waals surface area contributed by atoms with Crippen LogP contribution in [0.3, 0.4) is 0 Å². The Morgan fingerprint density at radius 3 is 2.38 bits per heavy atom. The van der Waals surface area contributed by atoms with E-state index < -0.39 is 17.1 Å². The number of hydrogen-bond donors (Lipinski definition) is 5. The van der Waals surface area contributed by atoms with Crippen molar-refractivity contribution in [3.05, 3.63) is 0 Å². The molecule has 0 aromatic carbocycles. The van der Waals surface area contributed by atoms with E-state index in [1.807, 2.05) is 6.92 Å². The van der Waals surface area contributed by atoms with Crippen molar-refractivity contribution < 1.29 is 19.8 Å². The highest BCUT2D eigenvalue weighted by molar-refractivity contribution is 5.76. The number of carboxylic acids is 1. The van der Waals surface area contributed by atoms with Gasteiger partial charge in [0.1, 0.15) is 0 Å². The van der Waals surface area contributed by atoms with Crippen LogP contribution in [0, 0.1) is 5.92 Å². The second-order valence-electron chi connectivity index (χ2n) is 8.47. The normalized spacial score (nSPS) is 27.8. The first-order valence-corrected chi connectivity index (χ1v) is 10.9. The number of rotatable bonds is 12. The Morgan fingerprint density at radius 1 is 1.21 bits per heavy atom. The summed E-state index contributed by atoms with van der Waals surface area (Å²) in [7, 11) is 0. The minimum Gasteiger partial charge on any atom is -0.481 e. The first-order valence-electron chi connectivity index (χ1n) is 10.9. The van der Waals surface area contributed by atoms with Gasteiger partial charge in [0.15, 0.2) is 5.96 Å². The van der Waals surface area contributed by atoms with E-state index in [9.17, 15) is 14.7 Å². The fraction of sp³-hybridized carbons (Fsp3) is 0.857. The van der Waals surface area contributed by atoms with Crippen LogP contribution in [0.4, 0.5) is 0 Å². The number of aliphatic hydroxyl groups is 1. The molecule has 1 rings (SSSR count). The van der Waals surface area contributed by atoms with Gasteiger partial charge in [-0.25, -0.2) is 0 Å². The van der Waals surface area contributed by atoms with Crippen LogP contribution < -0.4 is 16.8 Å². The maximum absolute atomic E-state index is 12.2. The van der Waals surface area contributed by atoms with Gasteiger partial charge in [-0.15, -0.1) is 0 Å². The Bertz CT molecular complexity index is 579. The lowest BCUT2D eigenvalue weighted by Crippen LogP contribution is -2.70. The van der Waals surface area contributed by atoms with Crippen LogP contribution in [0.2, 0.25) is 0 Å². The lowest BCUT2D eigenvalue weighted by atomic mass is 9.58. The third-order valence-corrected chi connectivity index (χ3v) is 6.39. The number of nitrogens with one attached hydrogen (secondary N) is 1. The summed E-state index contributed by atoms with van der Waals surface area (Å²) in [6.07, 6.45) is 7.25. The smallest absolute Gasteiger partial charge is 0.303 e. The maximum Gasteiger partial charge on any atom is 0.303 e. The highest BCUT2D eigenvalue weighted by Gasteiger charge is 2.57. The standard InChI is InChI=1S/C21H40N4O4/c1-4-6-9-16(10-7-8-11-18(27)28)21(25-15(3)26)13-12-17(24-19(22)23)14-20(21,29)5-2/h16-17,29H,4-14H2,1-3H3,(H,25,26)(H,27,28)(H4,22,23,24)/t16?,17?,20?,21-/m0/s1. The molecule has 168 valence electrons. The number of unbranched alkanes of at least 4 members (excludes halogenated alkanes) is 2. The molecule has 7 N–H and O–H groups in total. The summed E-state index contributed by atoms with van der Waals surface area (Å²) in [6.45, 7) is 5.53. The molecule has 0 heterocycles. The molecule has 0 aromatic heterocycles. The highest BCUT2D eigenvalue weighted by Crippen LogP contribution is 2.48.